The van der Waals surface area contributed by atoms with Crippen LogP contribution in [0.5, 0.6) is 5.75 Å². The number of nitrogens with zero attached hydrogens (tertiary/aromatic N) is 4. The molecular weight excluding hydrogens is 352 g/mol. The summed E-state index contributed by atoms with van der Waals surface area (Å²) in [5, 5.41) is 8.79. The third-order valence-electron chi connectivity index (χ3n) is 5.72. The van der Waals surface area contributed by atoms with E-state index in [2.05, 4.69) is 27.2 Å². The number of aryl methyl sites for hydroxylation is 4. The lowest BCUT2D eigenvalue weighted by Gasteiger charge is -2.36. The second-order valence-electron chi connectivity index (χ2n) is 7.87. The van der Waals surface area contributed by atoms with Crippen molar-refractivity contribution in [2.24, 2.45) is 0 Å². The highest BCUT2D eigenvalue weighted by Crippen LogP contribution is 2.24. The minimum absolute atomic E-state index is 0.0422. The first kappa shape index (κ1) is 18.7. The van der Waals surface area contributed by atoms with Gasteiger partial charge in [0, 0.05) is 26.2 Å². The van der Waals surface area contributed by atoms with Crippen molar-refractivity contribution < 1.29 is 9.53 Å². The van der Waals surface area contributed by atoms with Crippen molar-refractivity contribution in [3.05, 3.63) is 46.6 Å². The van der Waals surface area contributed by atoms with E-state index < -0.39 is 6.10 Å². The van der Waals surface area contributed by atoms with Crippen molar-refractivity contribution in [2.75, 3.05) is 31.1 Å². The van der Waals surface area contributed by atoms with Gasteiger partial charge in [0.2, 0.25) is 0 Å². The van der Waals surface area contributed by atoms with E-state index in [1.807, 2.05) is 37.8 Å². The van der Waals surface area contributed by atoms with Gasteiger partial charge in [-0.25, -0.2) is 0 Å². The third-order valence-corrected chi connectivity index (χ3v) is 5.72. The van der Waals surface area contributed by atoms with E-state index in [4.69, 9.17) is 4.74 Å². The molecular formula is C22H28N4O2. The molecule has 0 bridgehead atoms. The van der Waals surface area contributed by atoms with E-state index in [-0.39, 0.29) is 5.91 Å². The number of amides is 1. The Hall–Kier alpha value is -2.63. The van der Waals surface area contributed by atoms with Gasteiger partial charge in [0.1, 0.15) is 5.75 Å². The van der Waals surface area contributed by atoms with Crippen LogP contribution in [0.25, 0.3) is 0 Å². The van der Waals surface area contributed by atoms with Gasteiger partial charge >= 0.3 is 0 Å². The van der Waals surface area contributed by atoms with Crippen molar-refractivity contribution in [3.8, 4) is 5.75 Å². The van der Waals surface area contributed by atoms with Crippen molar-refractivity contribution in [2.45, 2.75) is 46.1 Å². The Morgan fingerprint density at radius 2 is 1.86 bits per heavy atom. The molecule has 6 heteroatoms. The average Bonchev–Trinajstić information content (AvgIpc) is 3.18. The average molecular weight is 380 g/mol. The molecule has 1 amide bonds. The zero-order valence-corrected chi connectivity index (χ0v) is 16.9. The van der Waals surface area contributed by atoms with Gasteiger partial charge in [-0.05, 0) is 68.9 Å². The molecule has 6 nitrogen and oxygen atoms in total. The van der Waals surface area contributed by atoms with Crippen LogP contribution in [0.4, 0.5) is 5.82 Å². The van der Waals surface area contributed by atoms with Crippen LogP contribution >= 0.6 is 0 Å². The van der Waals surface area contributed by atoms with Crippen LogP contribution in [0.1, 0.15) is 35.7 Å². The lowest BCUT2D eigenvalue weighted by Crippen LogP contribution is -2.52. The molecule has 0 spiro atoms. The summed E-state index contributed by atoms with van der Waals surface area (Å²) in [7, 11) is 0. The predicted molar refractivity (Wildman–Crippen MR) is 109 cm³/mol. The fourth-order valence-corrected chi connectivity index (χ4v) is 3.96. The second-order valence-corrected chi connectivity index (χ2v) is 7.87. The quantitative estimate of drug-likeness (QED) is 0.816. The van der Waals surface area contributed by atoms with E-state index in [0.29, 0.717) is 13.1 Å². The zero-order chi connectivity index (χ0) is 19.7. The first-order valence-electron chi connectivity index (χ1n) is 10.1. The molecule has 0 saturated carbocycles. The van der Waals surface area contributed by atoms with Crippen molar-refractivity contribution in [1.29, 1.82) is 0 Å². The van der Waals surface area contributed by atoms with Gasteiger partial charge in [0.25, 0.3) is 5.91 Å². The number of piperazine rings is 1. The lowest BCUT2D eigenvalue weighted by atomic mass is 10.1. The lowest BCUT2D eigenvalue weighted by molar-refractivity contribution is -0.138. The Kier molecular flexibility index (Phi) is 5.20. The minimum Gasteiger partial charge on any atom is -0.481 e. The van der Waals surface area contributed by atoms with Crippen LogP contribution in [-0.4, -0.2) is 53.3 Å². The number of fused-ring (bicyclic) bond motifs is 1. The second kappa shape index (κ2) is 7.78. The molecule has 0 N–H and O–H groups in total. The highest BCUT2D eigenvalue weighted by atomic mass is 16.5. The van der Waals surface area contributed by atoms with Crippen LogP contribution < -0.4 is 9.64 Å². The fourth-order valence-electron chi connectivity index (χ4n) is 3.96. The molecule has 2 aromatic rings. The molecule has 1 unspecified atom stereocenters. The highest BCUT2D eigenvalue weighted by Gasteiger charge is 2.27. The number of rotatable bonds is 4. The van der Waals surface area contributed by atoms with E-state index in [0.717, 1.165) is 54.3 Å². The van der Waals surface area contributed by atoms with Crippen molar-refractivity contribution in [3.63, 3.8) is 0 Å². The van der Waals surface area contributed by atoms with Gasteiger partial charge in [0.05, 0.1) is 5.69 Å². The summed E-state index contributed by atoms with van der Waals surface area (Å²) in [4.78, 5) is 17.0. The van der Waals surface area contributed by atoms with E-state index in [1.54, 1.807) is 0 Å². The number of benzene rings is 1. The highest BCUT2D eigenvalue weighted by molar-refractivity contribution is 5.81. The number of hydrogen-bond donors (Lipinski definition) is 0. The Labute approximate surface area is 166 Å². The number of aromatic nitrogens is 2. The number of carbonyl (C=O) groups excluding carboxylic acids is 1. The molecule has 1 aromatic carbocycles. The Morgan fingerprint density at radius 3 is 2.64 bits per heavy atom. The first-order valence-corrected chi connectivity index (χ1v) is 10.1. The fraction of sp³-hybridized carbons (Fsp3) is 0.500. The van der Waals surface area contributed by atoms with Crippen LogP contribution in [0, 0.1) is 13.8 Å². The number of ether oxygens (including phenoxy) is 1. The SMILES string of the molecule is Cc1ccc(C)c(OC(C)C(=O)N2CCN(c3cc4c(nn3)CCC4)CC2)c1. The molecule has 0 radical (unpaired) electrons. The summed E-state index contributed by atoms with van der Waals surface area (Å²) in [6.45, 7) is 8.77. The molecule has 2 heterocycles. The summed E-state index contributed by atoms with van der Waals surface area (Å²) in [6.07, 6.45) is 2.83. The number of anilines is 1. The standard InChI is InChI=1S/C22H28N4O2/c1-15-7-8-16(2)20(13-15)28-17(3)22(27)26-11-9-25(10-12-26)21-14-18-5-4-6-19(18)23-24-21/h7-8,13-14,17H,4-6,9-12H2,1-3H3. The van der Waals surface area contributed by atoms with E-state index in [9.17, 15) is 4.79 Å². The van der Waals surface area contributed by atoms with Crippen LogP contribution in [0.15, 0.2) is 24.3 Å². The molecule has 1 aliphatic carbocycles. The zero-order valence-electron chi connectivity index (χ0n) is 16.9. The van der Waals surface area contributed by atoms with Crippen molar-refractivity contribution >= 4 is 11.7 Å². The number of hydrogen-bond acceptors (Lipinski definition) is 5. The van der Waals surface area contributed by atoms with Crippen LogP contribution in [0.3, 0.4) is 0 Å². The summed E-state index contributed by atoms with van der Waals surface area (Å²) < 4.78 is 5.98. The smallest absolute Gasteiger partial charge is 0.263 e. The van der Waals surface area contributed by atoms with E-state index >= 15 is 0 Å². The normalized spacial score (nSPS) is 17.4. The topological polar surface area (TPSA) is 58.6 Å². The molecule has 2 aliphatic rings. The predicted octanol–water partition coefficient (Wildman–Crippen LogP) is 2.70. The van der Waals surface area contributed by atoms with Gasteiger partial charge < -0.3 is 14.5 Å². The first-order chi connectivity index (χ1) is 13.5. The summed E-state index contributed by atoms with van der Waals surface area (Å²) in [5.41, 5.74) is 4.66. The maximum atomic E-state index is 12.8. The minimum atomic E-state index is -0.494. The summed E-state index contributed by atoms with van der Waals surface area (Å²) >= 11 is 0. The Bertz CT molecular complexity index is 875. The van der Waals surface area contributed by atoms with Crippen LogP contribution in [0.2, 0.25) is 0 Å². The monoisotopic (exact) mass is 380 g/mol. The van der Waals surface area contributed by atoms with E-state index in [1.165, 1.54) is 12.0 Å². The maximum Gasteiger partial charge on any atom is 0.263 e. The molecule has 1 atom stereocenters. The van der Waals surface area contributed by atoms with Crippen molar-refractivity contribution in [1.82, 2.24) is 15.1 Å². The molecule has 1 saturated heterocycles. The van der Waals surface area contributed by atoms with Gasteiger partial charge in [0.15, 0.2) is 11.9 Å². The molecule has 148 valence electrons. The molecule has 1 fully saturated rings. The molecule has 28 heavy (non-hydrogen) atoms. The van der Waals surface area contributed by atoms with Gasteiger partial charge in [-0.3, -0.25) is 4.79 Å². The maximum absolute atomic E-state index is 12.8. The third kappa shape index (κ3) is 3.81. The number of carbonyl (C=O) groups is 1. The van der Waals surface area contributed by atoms with Gasteiger partial charge in [-0.15, -0.1) is 5.10 Å². The molecule has 4 rings (SSSR count). The van der Waals surface area contributed by atoms with Gasteiger partial charge in [-0.1, -0.05) is 12.1 Å². The largest absolute Gasteiger partial charge is 0.481 e. The Balaban J connectivity index is 1.35. The Morgan fingerprint density at radius 1 is 1.07 bits per heavy atom. The van der Waals surface area contributed by atoms with Crippen LogP contribution in [-0.2, 0) is 17.6 Å². The summed E-state index contributed by atoms with van der Waals surface area (Å²) in [5.74, 6) is 1.76. The molecule has 1 aromatic heterocycles. The summed E-state index contributed by atoms with van der Waals surface area (Å²) in [6, 6.07) is 8.25. The molecule has 1 aliphatic heterocycles. The van der Waals surface area contributed by atoms with Gasteiger partial charge in [-0.2, -0.15) is 5.10 Å².